The lowest BCUT2D eigenvalue weighted by Crippen LogP contribution is -2.12. The van der Waals surface area contributed by atoms with Gasteiger partial charge < -0.3 is 10.1 Å². The molecule has 0 spiro atoms. The molecule has 0 aliphatic heterocycles. The summed E-state index contributed by atoms with van der Waals surface area (Å²) >= 11 is 0. The number of rotatable bonds is 7. The van der Waals surface area contributed by atoms with E-state index in [-0.39, 0.29) is 5.69 Å². The van der Waals surface area contributed by atoms with E-state index >= 15 is 0 Å². The van der Waals surface area contributed by atoms with Crippen molar-refractivity contribution in [2.45, 2.75) is 45.1 Å². The Balaban J connectivity index is 1.68. The monoisotopic (exact) mass is 279 g/mol. The fourth-order valence-electron chi connectivity index (χ4n) is 2.43. The number of hydrogen-bond acceptors (Lipinski definition) is 5. The summed E-state index contributed by atoms with van der Waals surface area (Å²) in [7, 11) is 0. The highest BCUT2D eigenvalue weighted by Gasteiger charge is 2.14. The van der Waals surface area contributed by atoms with Crippen molar-refractivity contribution >= 4 is 11.5 Å². The molecule has 20 heavy (non-hydrogen) atoms. The van der Waals surface area contributed by atoms with Gasteiger partial charge in [0, 0.05) is 18.7 Å². The van der Waals surface area contributed by atoms with E-state index < -0.39 is 4.92 Å². The van der Waals surface area contributed by atoms with Crippen molar-refractivity contribution in [3.63, 3.8) is 0 Å². The first-order valence-corrected chi connectivity index (χ1v) is 7.13. The van der Waals surface area contributed by atoms with Crippen LogP contribution in [0.5, 0.6) is 0 Å². The van der Waals surface area contributed by atoms with Gasteiger partial charge in [-0.2, -0.15) is 0 Å². The minimum atomic E-state index is -0.415. The van der Waals surface area contributed by atoms with Gasteiger partial charge in [0.15, 0.2) is 0 Å². The van der Waals surface area contributed by atoms with Gasteiger partial charge in [-0.05, 0) is 32.3 Å². The molecular formula is C14H21N3O3. The van der Waals surface area contributed by atoms with Gasteiger partial charge in [0.2, 0.25) is 0 Å². The van der Waals surface area contributed by atoms with E-state index in [1.165, 1.54) is 31.9 Å². The Bertz CT molecular complexity index is 459. The largest absolute Gasteiger partial charge is 0.378 e. The maximum Gasteiger partial charge on any atom is 0.290 e. The van der Waals surface area contributed by atoms with Crippen molar-refractivity contribution in [2.75, 3.05) is 18.5 Å². The van der Waals surface area contributed by atoms with Crippen LogP contribution in [0.4, 0.5) is 11.5 Å². The first-order chi connectivity index (χ1) is 9.66. The normalized spacial score (nSPS) is 15.4. The van der Waals surface area contributed by atoms with Crippen molar-refractivity contribution in [1.82, 2.24) is 4.98 Å². The molecule has 0 amide bonds. The third-order valence-electron chi connectivity index (χ3n) is 3.56. The first kappa shape index (κ1) is 14.7. The Labute approximate surface area is 118 Å². The Morgan fingerprint density at radius 1 is 1.50 bits per heavy atom. The van der Waals surface area contributed by atoms with Crippen molar-refractivity contribution in [3.05, 3.63) is 27.9 Å². The van der Waals surface area contributed by atoms with Crippen LogP contribution < -0.4 is 5.32 Å². The molecule has 1 aliphatic rings. The lowest BCUT2D eigenvalue weighted by Gasteiger charge is -2.11. The van der Waals surface area contributed by atoms with E-state index in [4.69, 9.17) is 4.74 Å². The topological polar surface area (TPSA) is 77.3 Å². The van der Waals surface area contributed by atoms with Crippen molar-refractivity contribution in [1.29, 1.82) is 0 Å². The predicted molar refractivity (Wildman–Crippen MR) is 76.9 cm³/mol. The highest BCUT2D eigenvalue weighted by molar-refractivity contribution is 5.46. The SMILES string of the molecule is Cc1cc(NCCCOC2CCCC2)ncc1[N+](=O)[O-]. The van der Waals surface area contributed by atoms with Crippen LogP contribution >= 0.6 is 0 Å². The molecule has 2 rings (SSSR count). The molecule has 1 heterocycles. The van der Waals surface area contributed by atoms with Gasteiger partial charge in [-0.1, -0.05) is 12.8 Å². The second kappa shape index (κ2) is 7.19. The molecule has 0 unspecified atom stereocenters. The van der Waals surface area contributed by atoms with Crippen LogP contribution in [0.1, 0.15) is 37.7 Å². The van der Waals surface area contributed by atoms with Crippen LogP contribution in [0, 0.1) is 17.0 Å². The standard InChI is InChI=1S/C14H21N3O3/c1-11-9-14(16-10-13(11)17(18)19)15-7-4-8-20-12-5-2-3-6-12/h9-10,12H,2-8H2,1H3,(H,15,16). The number of pyridine rings is 1. The van der Waals surface area contributed by atoms with Crippen LogP contribution in [0.3, 0.4) is 0 Å². The molecule has 110 valence electrons. The van der Waals surface area contributed by atoms with Gasteiger partial charge in [-0.3, -0.25) is 10.1 Å². The third kappa shape index (κ3) is 4.16. The van der Waals surface area contributed by atoms with E-state index in [2.05, 4.69) is 10.3 Å². The van der Waals surface area contributed by atoms with Crippen LogP contribution in [0.15, 0.2) is 12.3 Å². The molecular weight excluding hydrogens is 258 g/mol. The summed E-state index contributed by atoms with van der Waals surface area (Å²) in [4.78, 5) is 14.3. The van der Waals surface area contributed by atoms with E-state index in [1.807, 2.05) is 0 Å². The van der Waals surface area contributed by atoms with E-state index in [0.29, 0.717) is 17.5 Å². The average molecular weight is 279 g/mol. The van der Waals surface area contributed by atoms with E-state index in [9.17, 15) is 10.1 Å². The number of nitro groups is 1. The Morgan fingerprint density at radius 2 is 2.25 bits per heavy atom. The van der Waals surface area contributed by atoms with Crippen LogP contribution in [0.25, 0.3) is 0 Å². The van der Waals surface area contributed by atoms with Crippen molar-refractivity contribution in [2.24, 2.45) is 0 Å². The summed E-state index contributed by atoms with van der Waals surface area (Å²) in [6, 6.07) is 1.70. The lowest BCUT2D eigenvalue weighted by atomic mass is 10.2. The number of hydrogen-bond donors (Lipinski definition) is 1. The Hall–Kier alpha value is -1.69. The quantitative estimate of drug-likeness (QED) is 0.471. The third-order valence-corrected chi connectivity index (χ3v) is 3.56. The molecule has 6 nitrogen and oxygen atoms in total. The molecule has 0 radical (unpaired) electrons. The van der Waals surface area contributed by atoms with E-state index in [1.54, 1.807) is 13.0 Å². The van der Waals surface area contributed by atoms with Gasteiger partial charge in [0.05, 0.1) is 11.0 Å². The maximum atomic E-state index is 10.7. The maximum absolute atomic E-state index is 10.7. The molecule has 1 saturated carbocycles. The van der Waals surface area contributed by atoms with Crippen molar-refractivity contribution in [3.8, 4) is 0 Å². The molecule has 1 aromatic rings. The Morgan fingerprint density at radius 3 is 2.90 bits per heavy atom. The molecule has 0 aromatic carbocycles. The highest BCUT2D eigenvalue weighted by Crippen LogP contribution is 2.21. The summed E-state index contributed by atoms with van der Waals surface area (Å²) < 4.78 is 5.77. The summed E-state index contributed by atoms with van der Waals surface area (Å²) in [5, 5.41) is 13.9. The van der Waals surface area contributed by atoms with Gasteiger partial charge in [-0.25, -0.2) is 4.98 Å². The fourth-order valence-corrected chi connectivity index (χ4v) is 2.43. The molecule has 1 aromatic heterocycles. The highest BCUT2D eigenvalue weighted by atomic mass is 16.6. The number of nitrogens with zero attached hydrogens (tertiary/aromatic N) is 2. The smallest absolute Gasteiger partial charge is 0.290 e. The summed E-state index contributed by atoms with van der Waals surface area (Å²) in [5.41, 5.74) is 0.676. The minimum Gasteiger partial charge on any atom is -0.378 e. The number of aromatic nitrogens is 1. The fraction of sp³-hybridized carbons (Fsp3) is 0.643. The predicted octanol–water partition coefficient (Wildman–Crippen LogP) is 3.06. The van der Waals surface area contributed by atoms with Crippen LogP contribution in [-0.4, -0.2) is 29.2 Å². The van der Waals surface area contributed by atoms with Crippen LogP contribution in [0.2, 0.25) is 0 Å². The van der Waals surface area contributed by atoms with Gasteiger partial charge in [0.25, 0.3) is 5.69 Å². The summed E-state index contributed by atoms with van der Waals surface area (Å²) in [6.45, 7) is 3.23. The molecule has 1 N–H and O–H groups in total. The molecule has 0 saturated heterocycles. The molecule has 1 aliphatic carbocycles. The molecule has 0 atom stereocenters. The Kier molecular flexibility index (Phi) is 5.29. The second-order valence-electron chi connectivity index (χ2n) is 5.17. The minimum absolute atomic E-state index is 0.0557. The van der Waals surface area contributed by atoms with Crippen LogP contribution in [-0.2, 0) is 4.74 Å². The molecule has 0 bridgehead atoms. The number of ether oxygens (including phenoxy) is 1. The van der Waals surface area contributed by atoms with Gasteiger partial charge in [-0.15, -0.1) is 0 Å². The van der Waals surface area contributed by atoms with E-state index in [0.717, 1.165) is 19.6 Å². The van der Waals surface area contributed by atoms with Gasteiger partial charge >= 0.3 is 0 Å². The molecule has 1 fully saturated rings. The lowest BCUT2D eigenvalue weighted by molar-refractivity contribution is -0.385. The zero-order valence-electron chi connectivity index (χ0n) is 11.8. The average Bonchev–Trinajstić information content (AvgIpc) is 2.91. The zero-order chi connectivity index (χ0) is 14.4. The number of aryl methyl sites for hydroxylation is 1. The summed E-state index contributed by atoms with van der Waals surface area (Å²) in [5.74, 6) is 0.675. The zero-order valence-corrected chi connectivity index (χ0v) is 11.8. The van der Waals surface area contributed by atoms with Crippen molar-refractivity contribution < 1.29 is 9.66 Å². The molecule has 6 heteroatoms. The first-order valence-electron chi connectivity index (χ1n) is 7.13. The summed E-state index contributed by atoms with van der Waals surface area (Å²) in [6.07, 6.45) is 7.62. The second-order valence-corrected chi connectivity index (χ2v) is 5.17. The van der Waals surface area contributed by atoms with Gasteiger partial charge in [0.1, 0.15) is 12.0 Å². The number of nitrogens with one attached hydrogen (secondary N) is 1. The number of anilines is 1.